The highest BCUT2D eigenvalue weighted by Gasteiger charge is 2.30. The van der Waals surface area contributed by atoms with E-state index in [2.05, 4.69) is 59.5 Å². The second kappa shape index (κ2) is 8.60. The SMILES string of the molecule is CC(C)c1[nH]nc2c(=NCc3ccccc3)nc(N3CCCC3CO)n(C(C)C)c12. The summed E-state index contributed by atoms with van der Waals surface area (Å²) in [6, 6.07) is 10.5. The molecule has 1 aliphatic rings. The first kappa shape index (κ1) is 20.6. The van der Waals surface area contributed by atoms with Gasteiger partial charge < -0.3 is 14.6 Å². The Balaban J connectivity index is 1.96. The minimum absolute atomic E-state index is 0.0938. The van der Waals surface area contributed by atoms with E-state index in [1.807, 2.05) is 18.2 Å². The van der Waals surface area contributed by atoms with Gasteiger partial charge in [-0.3, -0.25) is 10.1 Å². The number of H-pyrrole nitrogens is 1. The van der Waals surface area contributed by atoms with Crippen LogP contribution in [0.3, 0.4) is 0 Å². The largest absolute Gasteiger partial charge is 0.394 e. The Morgan fingerprint density at radius 1 is 1.20 bits per heavy atom. The van der Waals surface area contributed by atoms with Crippen molar-refractivity contribution in [1.82, 2.24) is 19.7 Å². The molecule has 30 heavy (non-hydrogen) atoms. The average Bonchev–Trinajstić information content (AvgIpc) is 3.39. The van der Waals surface area contributed by atoms with Gasteiger partial charge in [0, 0.05) is 12.6 Å². The quantitative estimate of drug-likeness (QED) is 0.654. The van der Waals surface area contributed by atoms with Crippen LogP contribution in [0.5, 0.6) is 0 Å². The lowest BCUT2D eigenvalue weighted by atomic mass is 10.1. The van der Waals surface area contributed by atoms with Crippen LogP contribution in [0.1, 0.15) is 63.8 Å². The molecule has 0 radical (unpaired) electrons. The zero-order valence-corrected chi connectivity index (χ0v) is 18.3. The minimum Gasteiger partial charge on any atom is -0.394 e. The fourth-order valence-electron chi connectivity index (χ4n) is 4.29. The summed E-state index contributed by atoms with van der Waals surface area (Å²) in [5.74, 6) is 1.17. The van der Waals surface area contributed by atoms with Crippen molar-refractivity contribution in [3.8, 4) is 0 Å². The van der Waals surface area contributed by atoms with E-state index in [0.717, 1.165) is 47.6 Å². The van der Waals surface area contributed by atoms with Gasteiger partial charge in [-0.2, -0.15) is 10.1 Å². The van der Waals surface area contributed by atoms with Gasteiger partial charge >= 0.3 is 0 Å². The van der Waals surface area contributed by atoms with E-state index in [-0.39, 0.29) is 18.7 Å². The van der Waals surface area contributed by atoms with Gasteiger partial charge in [-0.15, -0.1) is 0 Å². The van der Waals surface area contributed by atoms with Gasteiger partial charge in [-0.1, -0.05) is 44.2 Å². The smallest absolute Gasteiger partial charge is 0.208 e. The van der Waals surface area contributed by atoms with Gasteiger partial charge in [0.25, 0.3) is 0 Å². The lowest BCUT2D eigenvalue weighted by Gasteiger charge is -2.29. The van der Waals surface area contributed by atoms with Crippen molar-refractivity contribution in [2.75, 3.05) is 18.1 Å². The van der Waals surface area contributed by atoms with E-state index in [9.17, 15) is 5.11 Å². The Kier molecular flexibility index (Phi) is 5.90. The maximum atomic E-state index is 9.94. The molecule has 0 spiro atoms. The highest BCUT2D eigenvalue weighted by Crippen LogP contribution is 2.31. The number of hydrogen-bond acceptors (Lipinski definition) is 5. The minimum atomic E-state index is 0.0938. The number of aromatic amines is 1. The van der Waals surface area contributed by atoms with Crippen molar-refractivity contribution in [1.29, 1.82) is 0 Å². The Hall–Kier alpha value is -2.67. The van der Waals surface area contributed by atoms with Crippen LogP contribution in [0.2, 0.25) is 0 Å². The van der Waals surface area contributed by atoms with Crippen molar-refractivity contribution in [3.05, 3.63) is 47.1 Å². The molecular formula is C23H32N6O. The molecule has 2 aromatic heterocycles. The lowest BCUT2D eigenvalue weighted by molar-refractivity contribution is 0.265. The Bertz CT molecular complexity index is 1070. The van der Waals surface area contributed by atoms with Crippen LogP contribution in [0.25, 0.3) is 11.0 Å². The average molecular weight is 409 g/mol. The molecule has 0 saturated carbocycles. The molecule has 1 aliphatic heterocycles. The van der Waals surface area contributed by atoms with Crippen LogP contribution in [-0.4, -0.2) is 44.0 Å². The van der Waals surface area contributed by atoms with E-state index < -0.39 is 0 Å². The first-order chi connectivity index (χ1) is 14.5. The summed E-state index contributed by atoms with van der Waals surface area (Å²) in [6.45, 7) is 10.3. The van der Waals surface area contributed by atoms with Crippen molar-refractivity contribution in [2.45, 2.75) is 65.1 Å². The summed E-state index contributed by atoms with van der Waals surface area (Å²) in [4.78, 5) is 12.1. The molecule has 1 saturated heterocycles. The Labute approximate surface area is 177 Å². The lowest BCUT2D eigenvalue weighted by Crippen LogP contribution is -2.37. The van der Waals surface area contributed by atoms with E-state index >= 15 is 0 Å². The predicted molar refractivity (Wildman–Crippen MR) is 120 cm³/mol. The predicted octanol–water partition coefficient (Wildman–Crippen LogP) is 3.53. The first-order valence-electron chi connectivity index (χ1n) is 10.9. The third-order valence-corrected chi connectivity index (χ3v) is 5.83. The fraction of sp³-hybridized carbons (Fsp3) is 0.522. The number of hydrogen-bond donors (Lipinski definition) is 2. The first-order valence-corrected chi connectivity index (χ1v) is 10.9. The van der Waals surface area contributed by atoms with Crippen LogP contribution in [-0.2, 0) is 6.54 Å². The van der Waals surface area contributed by atoms with Crippen molar-refractivity contribution in [2.24, 2.45) is 4.99 Å². The molecule has 2 N–H and O–H groups in total. The highest BCUT2D eigenvalue weighted by atomic mass is 16.3. The number of nitrogens with zero attached hydrogens (tertiary/aromatic N) is 5. The number of aliphatic hydroxyl groups is 1. The molecule has 1 atom stereocenters. The summed E-state index contributed by atoms with van der Waals surface area (Å²) < 4.78 is 2.27. The zero-order chi connectivity index (χ0) is 21.3. The molecule has 7 heteroatoms. The van der Waals surface area contributed by atoms with Crippen LogP contribution in [0, 0.1) is 0 Å². The number of nitrogens with one attached hydrogen (secondary N) is 1. The number of fused-ring (bicyclic) bond motifs is 1. The molecule has 0 aliphatic carbocycles. The molecule has 1 fully saturated rings. The third-order valence-electron chi connectivity index (χ3n) is 5.83. The number of benzene rings is 1. The summed E-state index contributed by atoms with van der Waals surface area (Å²) in [5, 5.41) is 17.8. The number of anilines is 1. The Morgan fingerprint density at radius 3 is 2.63 bits per heavy atom. The summed E-state index contributed by atoms with van der Waals surface area (Å²) in [5.41, 5.74) is 4.78. The maximum Gasteiger partial charge on any atom is 0.208 e. The van der Waals surface area contributed by atoms with Gasteiger partial charge in [0.2, 0.25) is 5.95 Å². The van der Waals surface area contributed by atoms with Gasteiger partial charge in [0.05, 0.1) is 30.4 Å². The molecule has 1 aromatic carbocycles. The molecule has 0 amide bonds. The van der Waals surface area contributed by atoms with E-state index in [1.54, 1.807) is 0 Å². The van der Waals surface area contributed by atoms with Crippen LogP contribution in [0.15, 0.2) is 35.3 Å². The van der Waals surface area contributed by atoms with Crippen molar-refractivity contribution in [3.63, 3.8) is 0 Å². The van der Waals surface area contributed by atoms with Crippen LogP contribution >= 0.6 is 0 Å². The summed E-state index contributed by atoms with van der Waals surface area (Å²) in [6.07, 6.45) is 2.04. The van der Waals surface area contributed by atoms with Gasteiger partial charge in [0.15, 0.2) is 11.0 Å². The van der Waals surface area contributed by atoms with E-state index in [0.29, 0.717) is 18.0 Å². The molecule has 3 aromatic rings. The molecule has 1 unspecified atom stereocenters. The van der Waals surface area contributed by atoms with Gasteiger partial charge in [0.1, 0.15) is 0 Å². The topological polar surface area (TPSA) is 82.3 Å². The summed E-state index contributed by atoms with van der Waals surface area (Å²) in [7, 11) is 0. The number of rotatable bonds is 6. The highest BCUT2D eigenvalue weighted by molar-refractivity contribution is 5.79. The number of aliphatic hydroxyl groups excluding tert-OH is 1. The molecule has 4 rings (SSSR count). The van der Waals surface area contributed by atoms with E-state index in [4.69, 9.17) is 9.98 Å². The number of aromatic nitrogens is 4. The standard InChI is InChI=1S/C23H32N6O/c1-15(2)19-21-20(27-26-19)22(24-13-17-9-6-5-7-10-17)25-23(29(21)16(3)4)28-12-8-11-18(28)14-30/h5-7,9-10,15-16,18,30H,8,11-14H2,1-4H3,(H,26,27). The maximum absolute atomic E-state index is 9.94. The molecular weight excluding hydrogens is 376 g/mol. The van der Waals surface area contributed by atoms with Gasteiger partial charge in [-0.25, -0.2) is 0 Å². The third kappa shape index (κ3) is 3.74. The second-order valence-corrected chi connectivity index (χ2v) is 8.66. The molecule has 3 heterocycles. The second-order valence-electron chi connectivity index (χ2n) is 8.66. The van der Waals surface area contributed by atoms with Gasteiger partial charge in [-0.05, 0) is 38.2 Å². The normalized spacial score (nSPS) is 17.8. The fourth-order valence-corrected chi connectivity index (χ4v) is 4.29. The monoisotopic (exact) mass is 408 g/mol. The molecule has 0 bridgehead atoms. The molecule has 7 nitrogen and oxygen atoms in total. The van der Waals surface area contributed by atoms with Crippen LogP contribution < -0.4 is 10.4 Å². The van der Waals surface area contributed by atoms with Crippen molar-refractivity contribution < 1.29 is 5.11 Å². The molecule has 160 valence electrons. The van der Waals surface area contributed by atoms with E-state index in [1.165, 1.54) is 0 Å². The Morgan fingerprint density at radius 2 is 1.97 bits per heavy atom. The summed E-state index contributed by atoms with van der Waals surface area (Å²) >= 11 is 0. The zero-order valence-electron chi connectivity index (χ0n) is 18.3. The van der Waals surface area contributed by atoms with Crippen molar-refractivity contribution >= 4 is 17.0 Å². The van der Waals surface area contributed by atoms with Crippen LogP contribution in [0.4, 0.5) is 5.95 Å².